The number of phenols is 1. The molecule has 0 aromatic heterocycles. The van der Waals surface area contributed by atoms with Crippen molar-refractivity contribution in [1.29, 1.82) is 0 Å². The molecule has 27 heavy (non-hydrogen) atoms. The van der Waals surface area contributed by atoms with Crippen LogP contribution in [0.2, 0.25) is 0 Å². The minimum Gasteiger partial charge on any atom is -0.500 e. The molecule has 0 aliphatic carbocycles. The van der Waals surface area contributed by atoms with E-state index in [4.69, 9.17) is 9.47 Å². The predicted molar refractivity (Wildman–Crippen MR) is 107 cm³/mol. The number of halogens is 2. The molecule has 1 aromatic rings. The summed E-state index contributed by atoms with van der Waals surface area (Å²) >= 11 is 0. The summed E-state index contributed by atoms with van der Waals surface area (Å²) in [5.74, 6) is 0.0967. The zero-order valence-electron chi connectivity index (χ0n) is 15.3. The van der Waals surface area contributed by atoms with E-state index in [2.05, 4.69) is 10.2 Å². The third-order valence-corrected chi connectivity index (χ3v) is 5.09. The van der Waals surface area contributed by atoms with E-state index in [0.717, 1.165) is 44.6 Å². The Bertz CT molecular complexity index is 605. The van der Waals surface area contributed by atoms with E-state index in [9.17, 15) is 15.2 Å². The Morgan fingerprint density at radius 1 is 1.30 bits per heavy atom. The largest absolute Gasteiger partial charge is 0.500 e. The standard InChI is InChI=1S/C17H25N3O5.2ClH/c1-24-15-11-13(10-14(17(15)21)20(22)23)16(12-2-8-25-9-3-12)19-6-4-18-5-7-19;;/h10-12,16,18,21H,2-9H2,1H3;2*1H/t16-;;/m1../s1. The van der Waals surface area contributed by atoms with Gasteiger partial charge in [0, 0.05) is 51.5 Å². The van der Waals surface area contributed by atoms with Crippen LogP contribution in [0.3, 0.4) is 0 Å². The SMILES string of the molecule is COc1cc([C@@H](C2CCOCC2)N2CCNCC2)cc([N+](=O)[O-])c1O.Cl.Cl. The van der Waals surface area contributed by atoms with Crippen molar-refractivity contribution < 1.29 is 19.5 Å². The second-order valence-electron chi connectivity index (χ2n) is 6.53. The number of nitrogens with one attached hydrogen (secondary N) is 1. The Balaban J connectivity index is 0.00000182. The van der Waals surface area contributed by atoms with Crippen molar-refractivity contribution in [2.45, 2.75) is 18.9 Å². The van der Waals surface area contributed by atoms with Gasteiger partial charge in [0.1, 0.15) is 0 Å². The lowest BCUT2D eigenvalue weighted by molar-refractivity contribution is -0.386. The monoisotopic (exact) mass is 423 g/mol. The summed E-state index contributed by atoms with van der Waals surface area (Å²) in [6.07, 6.45) is 1.84. The number of nitro benzene ring substituents is 1. The summed E-state index contributed by atoms with van der Waals surface area (Å²) in [5, 5.41) is 24.8. The summed E-state index contributed by atoms with van der Waals surface area (Å²) in [7, 11) is 1.41. The summed E-state index contributed by atoms with van der Waals surface area (Å²) in [5.41, 5.74) is 0.525. The molecule has 0 saturated carbocycles. The third-order valence-electron chi connectivity index (χ3n) is 5.09. The molecule has 154 valence electrons. The molecule has 0 unspecified atom stereocenters. The smallest absolute Gasteiger partial charge is 0.314 e. The highest BCUT2D eigenvalue weighted by atomic mass is 35.5. The molecular weight excluding hydrogens is 397 g/mol. The van der Waals surface area contributed by atoms with E-state index in [1.54, 1.807) is 6.07 Å². The van der Waals surface area contributed by atoms with E-state index < -0.39 is 10.7 Å². The van der Waals surface area contributed by atoms with E-state index in [1.165, 1.54) is 13.2 Å². The first-order chi connectivity index (χ1) is 12.1. The number of piperazine rings is 1. The van der Waals surface area contributed by atoms with Gasteiger partial charge in [0.2, 0.25) is 5.75 Å². The molecule has 0 amide bonds. The molecule has 0 spiro atoms. The van der Waals surface area contributed by atoms with Crippen molar-refractivity contribution in [2.75, 3.05) is 46.5 Å². The van der Waals surface area contributed by atoms with Crippen LogP contribution in [-0.2, 0) is 4.74 Å². The zero-order valence-corrected chi connectivity index (χ0v) is 16.9. The highest BCUT2D eigenvalue weighted by Crippen LogP contribution is 2.43. The Hall–Kier alpha value is -1.32. The molecule has 1 atom stereocenters. The van der Waals surface area contributed by atoms with E-state index in [1.807, 2.05) is 0 Å². The lowest BCUT2D eigenvalue weighted by atomic mass is 9.85. The van der Waals surface area contributed by atoms with Crippen LogP contribution in [0.5, 0.6) is 11.5 Å². The molecule has 10 heteroatoms. The first-order valence-electron chi connectivity index (χ1n) is 8.69. The first kappa shape index (κ1) is 23.7. The second-order valence-corrected chi connectivity index (χ2v) is 6.53. The minimum absolute atomic E-state index is 0. The number of aromatic hydroxyl groups is 1. The number of ether oxygens (including phenoxy) is 2. The molecule has 2 heterocycles. The van der Waals surface area contributed by atoms with Crippen LogP contribution in [0.15, 0.2) is 12.1 Å². The zero-order chi connectivity index (χ0) is 17.8. The lowest BCUT2D eigenvalue weighted by Crippen LogP contribution is -2.47. The molecule has 8 nitrogen and oxygen atoms in total. The molecule has 0 radical (unpaired) electrons. The molecule has 2 N–H and O–H groups in total. The van der Waals surface area contributed by atoms with Gasteiger partial charge in [-0.2, -0.15) is 0 Å². The first-order valence-corrected chi connectivity index (χ1v) is 8.69. The number of methoxy groups -OCH3 is 1. The molecule has 3 rings (SSSR count). The van der Waals surface area contributed by atoms with Crippen LogP contribution in [0, 0.1) is 16.0 Å². The topological polar surface area (TPSA) is 97.1 Å². The average Bonchev–Trinajstić information content (AvgIpc) is 2.64. The maximum Gasteiger partial charge on any atom is 0.314 e. The Morgan fingerprint density at radius 2 is 1.93 bits per heavy atom. The van der Waals surface area contributed by atoms with Gasteiger partial charge in [-0.15, -0.1) is 24.8 Å². The number of hydrogen-bond donors (Lipinski definition) is 2. The number of phenolic OH excluding ortho intramolecular Hbond substituents is 1. The van der Waals surface area contributed by atoms with Crippen molar-refractivity contribution in [3.63, 3.8) is 0 Å². The molecule has 2 saturated heterocycles. The van der Waals surface area contributed by atoms with Crippen molar-refractivity contribution in [2.24, 2.45) is 5.92 Å². The number of nitro groups is 1. The molecule has 2 fully saturated rings. The van der Waals surface area contributed by atoms with Gasteiger partial charge in [-0.1, -0.05) is 0 Å². The van der Waals surface area contributed by atoms with Crippen molar-refractivity contribution in [1.82, 2.24) is 10.2 Å². The fourth-order valence-electron chi connectivity index (χ4n) is 3.85. The highest BCUT2D eigenvalue weighted by Gasteiger charge is 2.33. The van der Waals surface area contributed by atoms with Gasteiger partial charge in [0.05, 0.1) is 12.0 Å². The second kappa shape index (κ2) is 10.9. The van der Waals surface area contributed by atoms with Gasteiger partial charge in [0.15, 0.2) is 5.75 Å². The lowest BCUT2D eigenvalue weighted by Gasteiger charge is -2.41. The van der Waals surface area contributed by atoms with Crippen LogP contribution >= 0.6 is 24.8 Å². The highest BCUT2D eigenvalue weighted by molar-refractivity contribution is 5.85. The van der Waals surface area contributed by atoms with Gasteiger partial charge in [-0.25, -0.2) is 0 Å². The Labute approximate surface area is 171 Å². The van der Waals surface area contributed by atoms with Gasteiger partial charge in [0.25, 0.3) is 0 Å². The van der Waals surface area contributed by atoms with Gasteiger partial charge >= 0.3 is 5.69 Å². The number of nitrogens with zero attached hydrogens (tertiary/aromatic N) is 2. The summed E-state index contributed by atoms with van der Waals surface area (Å²) < 4.78 is 10.7. The molecule has 1 aromatic carbocycles. The quantitative estimate of drug-likeness (QED) is 0.554. The summed E-state index contributed by atoms with van der Waals surface area (Å²) in [6.45, 7) is 5.00. The predicted octanol–water partition coefficient (Wildman–Crippen LogP) is 2.53. The van der Waals surface area contributed by atoms with Gasteiger partial charge < -0.3 is 19.9 Å². The molecule has 2 aliphatic heterocycles. The normalized spacial score (nSPS) is 19.4. The summed E-state index contributed by atoms with van der Waals surface area (Å²) in [4.78, 5) is 13.2. The van der Waals surface area contributed by atoms with Crippen LogP contribution in [0.4, 0.5) is 5.69 Å². The molecule has 2 aliphatic rings. The fraction of sp³-hybridized carbons (Fsp3) is 0.647. The summed E-state index contributed by atoms with van der Waals surface area (Å²) in [6, 6.07) is 3.30. The number of rotatable bonds is 5. The van der Waals surface area contributed by atoms with Gasteiger partial charge in [-0.3, -0.25) is 15.0 Å². The maximum atomic E-state index is 11.4. The van der Waals surface area contributed by atoms with Crippen molar-refractivity contribution in [3.8, 4) is 11.5 Å². The number of benzene rings is 1. The molecular formula is C17H27Cl2N3O5. The number of hydrogen-bond acceptors (Lipinski definition) is 7. The average molecular weight is 424 g/mol. The van der Waals surface area contributed by atoms with Crippen molar-refractivity contribution in [3.05, 3.63) is 27.8 Å². The van der Waals surface area contributed by atoms with E-state index in [0.29, 0.717) is 19.1 Å². The molecule has 0 bridgehead atoms. The minimum atomic E-state index is -0.555. The fourth-order valence-corrected chi connectivity index (χ4v) is 3.85. The Morgan fingerprint density at radius 3 is 2.48 bits per heavy atom. The van der Waals surface area contributed by atoms with Crippen LogP contribution in [-0.4, -0.2) is 61.4 Å². The van der Waals surface area contributed by atoms with Crippen LogP contribution in [0.1, 0.15) is 24.4 Å². The van der Waals surface area contributed by atoms with E-state index >= 15 is 0 Å². The maximum absolute atomic E-state index is 11.4. The Kier molecular flexibility index (Phi) is 9.55. The van der Waals surface area contributed by atoms with Crippen molar-refractivity contribution >= 4 is 30.5 Å². The van der Waals surface area contributed by atoms with Crippen LogP contribution in [0.25, 0.3) is 0 Å². The van der Waals surface area contributed by atoms with E-state index in [-0.39, 0.29) is 42.3 Å². The van der Waals surface area contributed by atoms with Gasteiger partial charge in [-0.05, 0) is 30.4 Å². The third kappa shape index (κ3) is 5.36. The van der Waals surface area contributed by atoms with Crippen LogP contribution < -0.4 is 10.1 Å².